The van der Waals surface area contributed by atoms with Gasteiger partial charge in [-0.3, -0.25) is 8.77 Å². The molecule has 1 aromatic carbocycles. The number of hydrogen-bond acceptors (Lipinski definition) is 4. The van der Waals surface area contributed by atoms with Crippen LogP contribution in [-0.4, -0.2) is 46.6 Å². The second-order valence-corrected chi connectivity index (χ2v) is 9.42. The Labute approximate surface area is 195 Å². The number of allylic oxidation sites excluding steroid dienone is 5. The molecule has 2 aromatic rings. The Hall–Kier alpha value is -2.28. The maximum absolute atomic E-state index is 13.2. The molecule has 170 valence electrons. The fraction of sp³-hybridized carbons (Fsp3) is 0.423. The molecule has 0 aliphatic carbocycles. The van der Waals surface area contributed by atoms with Crippen LogP contribution in [0.3, 0.4) is 0 Å². The largest absolute Gasteiger partial charge is 0.339 e. The summed E-state index contributed by atoms with van der Waals surface area (Å²) in [4.78, 5) is 20.7. The zero-order chi connectivity index (χ0) is 22.5. The van der Waals surface area contributed by atoms with Crippen LogP contribution in [0.5, 0.6) is 0 Å². The van der Waals surface area contributed by atoms with Crippen molar-refractivity contribution < 1.29 is 9.63 Å². The maximum atomic E-state index is 13.2. The first-order chi connectivity index (χ1) is 15.6. The predicted molar refractivity (Wildman–Crippen MR) is 133 cm³/mol. The number of carbonyl (C=O) groups is 1. The maximum Gasteiger partial charge on any atom is 0.253 e. The van der Waals surface area contributed by atoms with Crippen LogP contribution in [0, 0.1) is 5.92 Å². The monoisotopic (exact) mass is 451 g/mol. The number of piperidine rings is 1. The highest BCUT2D eigenvalue weighted by Crippen LogP contribution is 2.35. The minimum absolute atomic E-state index is 0.154. The molecule has 0 spiro atoms. The molecular weight excluding hydrogens is 418 g/mol. The predicted octanol–water partition coefficient (Wildman–Crippen LogP) is 5.58. The number of amides is 1. The van der Waals surface area contributed by atoms with Gasteiger partial charge in [-0.2, -0.15) is 5.06 Å². The van der Waals surface area contributed by atoms with Crippen molar-refractivity contribution in [2.24, 2.45) is 5.92 Å². The lowest BCUT2D eigenvalue weighted by Crippen LogP contribution is -2.37. The van der Waals surface area contributed by atoms with Gasteiger partial charge in [-0.05, 0) is 66.8 Å². The molecule has 4 rings (SSSR count). The molecule has 2 aliphatic heterocycles. The molecule has 32 heavy (non-hydrogen) atoms. The Balaban J connectivity index is 1.66. The zero-order valence-electron chi connectivity index (χ0n) is 19.3. The average Bonchev–Trinajstić information content (AvgIpc) is 3.13. The summed E-state index contributed by atoms with van der Waals surface area (Å²) in [7, 11) is 1.73. The fourth-order valence-corrected chi connectivity index (χ4v) is 5.36. The van der Waals surface area contributed by atoms with Crippen LogP contribution in [0.15, 0.2) is 54.0 Å². The first-order valence-electron chi connectivity index (χ1n) is 11.5. The number of hydroxylamine groups is 2. The molecule has 0 N–H and O–H groups in total. The number of likely N-dealkylation sites (tertiary alicyclic amines) is 1. The minimum atomic E-state index is 0.154. The molecule has 2 aliphatic rings. The SMILES string of the molecule is C\C=C/C=C\C=C\Sn1c2c(c3cc(C(=O)N4CCC(C)CC4)ccc31)CN(OC)CC2. The second kappa shape index (κ2) is 10.6. The zero-order valence-corrected chi connectivity index (χ0v) is 20.1. The van der Waals surface area contributed by atoms with E-state index >= 15 is 0 Å². The third-order valence-corrected chi connectivity index (χ3v) is 7.32. The second-order valence-electron chi connectivity index (χ2n) is 8.57. The summed E-state index contributed by atoms with van der Waals surface area (Å²) in [5.74, 6) is 0.863. The quantitative estimate of drug-likeness (QED) is 0.538. The molecule has 0 unspecified atom stereocenters. The van der Waals surface area contributed by atoms with E-state index in [4.69, 9.17) is 4.84 Å². The molecule has 0 saturated carbocycles. The van der Waals surface area contributed by atoms with E-state index in [1.54, 1.807) is 19.1 Å². The van der Waals surface area contributed by atoms with Crippen molar-refractivity contribution in [2.45, 2.75) is 39.7 Å². The molecule has 3 heterocycles. The molecule has 1 amide bonds. The summed E-state index contributed by atoms with van der Waals surface area (Å²) in [6.07, 6.45) is 13.2. The fourth-order valence-electron chi connectivity index (χ4n) is 4.48. The van der Waals surface area contributed by atoms with Gasteiger partial charge in [-0.15, -0.1) is 0 Å². The summed E-state index contributed by atoms with van der Waals surface area (Å²) >= 11 is 1.69. The summed E-state index contributed by atoms with van der Waals surface area (Å²) in [5.41, 5.74) is 4.53. The van der Waals surface area contributed by atoms with E-state index in [2.05, 4.69) is 34.5 Å². The van der Waals surface area contributed by atoms with Gasteiger partial charge in [0.05, 0.1) is 19.2 Å². The van der Waals surface area contributed by atoms with E-state index in [1.165, 1.54) is 11.3 Å². The number of nitrogens with zero attached hydrogens (tertiary/aromatic N) is 3. The Kier molecular flexibility index (Phi) is 7.55. The molecule has 1 aromatic heterocycles. The molecule has 1 saturated heterocycles. The number of hydrogen-bond donors (Lipinski definition) is 0. The van der Waals surface area contributed by atoms with E-state index in [1.807, 2.05) is 47.3 Å². The van der Waals surface area contributed by atoms with Crippen molar-refractivity contribution in [3.63, 3.8) is 0 Å². The third-order valence-electron chi connectivity index (χ3n) is 6.41. The van der Waals surface area contributed by atoms with Crippen molar-refractivity contribution in [1.29, 1.82) is 0 Å². The van der Waals surface area contributed by atoms with Crippen LogP contribution in [0.4, 0.5) is 0 Å². The Morgan fingerprint density at radius 2 is 1.91 bits per heavy atom. The van der Waals surface area contributed by atoms with Crippen molar-refractivity contribution in [1.82, 2.24) is 13.9 Å². The van der Waals surface area contributed by atoms with Crippen LogP contribution < -0.4 is 0 Å². The first kappa shape index (κ1) is 22.9. The molecule has 1 fully saturated rings. The molecule has 0 atom stereocenters. The Morgan fingerprint density at radius 1 is 1.12 bits per heavy atom. The van der Waals surface area contributed by atoms with Crippen LogP contribution >= 0.6 is 11.9 Å². The smallest absolute Gasteiger partial charge is 0.253 e. The van der Waals surface area contributed by atoms with Crippen LogP contribution in [0.2, 0.25) is 0 Å². The lowest BCUT2D eigenvalue weighted by atomic mass is 9.98. The van der Waals surface area contributed by atoms with Gasteiger partial charge >= 0.3 is 0 Å². The molecule has 5 nitrogen and oxygen atoms in total. The summed E-state index contributed by atoms with van der Waals surface area (Å²) < 4.78 is 2.31. The number of fused-ring (bicyclic) bond motifs is 3. The molecule has 6 heteroatoms. The van der Waals surface area contributed by atoms with Gasteiger partial charge < -0.3 is 9.74 Å². The van der Waals surface area contributed by atoms with Crippen molar-refractivity contribution >= 4 is 28.8 Å². The van der Waals surface area contributed by atoms with Gasteiger partial charge in [0.2, 0.25) is 0 Å². The van der Waals surface area contributed by atoms with Crippen molar-refractivity contribution in [3.8, 4) is 0 Å². The first-order valence-corrected chi connectivity index (χ1v) is 12.3. The lowest BCUT2D eigenvalue weighted by Gasteiger charge is -2.30. The molecular formula is C26H33N3O2S. The summed E-state index contributed by atoms with van der Waals surface area (Å²) in [6.45, 7) is 7.59. The highest BCUT2D eigenvalue weighted by atomic mass is 32.2. The Bertz CT molecular complexity index is 1050. The van der Waals surface area contributed by atoms with Gasteiger partial charge in [0, 0.05) is 42.7 Å². The summed E-state index contributed by atoms with van der Waals surface area (Å²) in [5, 5.41) is 5.26. The van der Waals surface area contributed by atoms with E-state index in [0.29, 0.717) is 5.92 Å². The van der Waals surface area contributed by atoms with Gasteiger partial charge in [-0.1, -0.05) is 37.3 Å². The summed E-state index contributed by atoms with van der Waals surface area (Å²) in [6, 6.07) is 6.20. The van der Waals surface area contributed by atoms with E-state index in [-0.39, 0.29) is 5.91 Å². The topological polar surface area (TPSA) is 37.7 Å². The van der Waals surface area contributed by atoms with Gasteiger partial charge in [0.25, 0.3) is 5.91 Å². The number of rotatable bonds is 6. The highest BCUT2D eigenvalue weighted by molar-refractivity contribution is 8.00. The number of aromatic nitrogens is 1. The lowest BCUT2D eigenvalue weighted by molar-refractivity contribution is -0.141. The number of carbonyl (C=O) groups excluding carboxylic acids is 1. The standard InChI is InChI=1S/C26H33N3O2S/c1-4-5-6-7-8-17-32-29-24-10-9-21(26(30)27-14-11-20(2)12-15-27)18-22(24)23-19-28(31-3)16-13-25(23)29/h4-10,17-18,20H,11-16,19H2,1-3H3/b5-4-,7-6-,17-8+. The molecule has 0 radical (unpaired) electrons. The van der Waals surface area contributed by atoms with Crippen LogP contribution in [0.25, 0.3) is 10.9 Å². The normalized spacial score (nSPS) is 18.5. The van der Waals surface area contributed by atoms with E-state index in [9.17, 15) is 4.79 Å². The van der Waals surface area contributed by atoms with Crippen molar-refractivity contribution in [2.75, 3.05) is 26.7 Å². The minimum Gasteiger partial charge on any atom is -0.339 e. The molecule has 0 bridgehead atoms. The Morgan fingerprint density at radius 3 is 2.66 bits per heavy atom. The van der Waals surface area contributed by atoms with Gasteiger partial charge in [0.1, 0.15) is 0 Å². The number of benzene rings is 1. The van der Waals surface area contributed by atoms with E-state index < -0.39 is 0 Å². The van der Waals surface area contributed by atoms with Gasteiger partial charge in [-0.25, -0.2) is 0 Å². The van der Waals surface area contributed by atoms with Gasteiger partial charge in [0.15, 0.2) is 0 Å². The van der Waals surface area contributed by atoms with Crippen LogP contribution in [-0.2, 0) is 17.8 Å². The van der Waals surface area contributed by atoms with E-state index in [0.717, 1.165) is 61.9 Å². The van der Waals surface area contributed by atoms with Crippen LogP contribution in [0.1, 0.15) is 48.3 Å². The average molecular weight is 452 g/mol. The third kappa shape index (κ3) is 4.87. The highest BCUT2D eigenvalue weighted by Gasteiger charge is 2.26. The van der Waals surface area contributed by atoms with Crippen molar-refractivity contribution in [3.05, 3.63) is 70.8 Å².